The monoisotopic (exact) mass is 466 g/mol. The molecule has 0 unspecified atom stereocenters. The van der Waals surface area contributed by atoms with E-state index in [4.69, 9.17) is 0 Å². The van der Waals surface area contributed by atoms with Crippen molar-refractivity contribution in [1.82, 2.24) is 24.2 Å². The van der Waals surface area contributed by atoms with Gasteiger partial charge in [-0.05, 0) is 54.1 Å². The van der Waals surface area contributed by atoms with Gasteiger partial charge in [-0.15, -0.1) is 0 Å². The molecule has 1 aliphatic heterocycles. The number of piperazine rings is 1. The molecule has 0 bridgehead atoms. The first-order valence-corrected chi connectivity index (χ1v) is 9.85. The molecule has 0 N–H and O–H groups in total. The molecule has 2 aromatic heterocycles. The van der Waals surface area contributed by atoms with Crippen LogP contribution in [0, 0.1) is 3.70 Å². The minimum atomic E-state index is -0.369. The standard InChI is InChI=1S/C17H23IN6O2/c1-21-16(25)13-19-24(17(21)26)8-3-2-7-22-9-11-23(12-10-22)15-6-4-5-14(18)20-15/h4-6,13H,2-3,7-12H2,1H3/i18-4. The van der Waals surface area contributed by atoms with Crippen LogP contribution in [0.15, 0.2) is 34.0 Å². The Bertz CT molecular complexity index is 857. The lowest BCUT2D eigenvalue weighted by atomic mass is 10.2. The van der Waals surface area contributed by atoms with Crippen molar-refractivity contribution in [2.75, 3.05) is 37.6 Å². The molecule has 0 spiro atoms. The number of aryl methyl sites for hydroxylation is 1. The molecule has 0 atom stereocenters. The Morgan fingerprint density at radius 3 is 2.54 bits per heavy atom. The van der Waals surface area contributed by atoms with E-state index < -0.39 is 0 Å². The second-order valence-corrected chi connectivity index (χ2v) is 7.51. The van der Waals surface area contributed by atoms with E-state index in [1.165, 1.54) is 17.9 Å². The van der Waals surface area contributed by atoms with E-state index in [-0.39, 0.29) is 11.2 Å². The van der Waals surface area contributed by atoms with E-state index in [1.807, 2.05) is 12.1 Å². The Labute approximate surface area is 165 Å². The van der Waals surface area contributed by atoms with Gasteiger partial charge in [0.2, 0.25) is 0 Å². The highest BCUT2D eigenvalue weighted by molar-refractivity contribution is 14.1. The number of anilines is 1. The Morgan fingerprint density at radius 1 is 1.08 bits per heavy atom. The van der Waals surface area contributed by atoms with E-state index >= 15 is 0 Å². The smallest absolute Gasteiger partial charge is 0.347 e. The minimum Gasteiger partial charge on any atom is -0.354 e. The molecular weight excluding hydrogens is 443 g/mol. The van der Waals surface area contributed by atoms with Crippen molar-refractivity contribution in [3.8, 4) is 0 Å². The lowest BCUT2D eigenvalue weighted by Gasteiger charge is -2.35. The summed E-state index contributed by atoms with van der Waals surface area (Å²) in [6, 6.07) is 6.12. The molecule has 2 aromatic rings. The number of halogens is 1. The first kappa shape index (κ1) is 19.0. The third kappa shape index (κ3) is 4.70. The van der Waals surface area contributed by atoms with Gasteiger partial charge in [-0.2, -0.15) is 5.10 Å². The molecule has 0 amide bonds. The first-order valence-electron chi connectivity index (χ1n) is 8.77. The number of hydrogen-bond donors (Lipinski definition) is 0. The van der Waals surface area contributed by atoms with Crippen LogP contribution in [-0.2, 0) is 13.6 Å². The third-order valence-electron chi connectivity index (χ3n) is 4.64. The largest absolute Gasteiger partial charge is 0.354 e. The van der Waals surface area contributed by atoms with Crippen molar-refractivity contribution >= 4 is 28.4 Å². The van der Waals surface area contributed by atoms with Gasteiger partial charge in [-0.25, -0.2) is 14.5 Å². The summed E-state index contributed by atoms with van der Waals surface area (Å²) in [7, 11) is 1.48. The second-order valence-electron chi connectivity index (χ2n) is 6.40. The third-order valence-corrected chi connectivity index (χ3v) is 5.24. The number of rotatable bonds is 6. The van der Waals surface area contributed by atoms with E-state index in [0.29, 0.717) is 6.54 Å². The highest BCUT2D eigenvalue weighted by atomic mass is 123. The summed E-state index contributed by atoms with van der Waals surface area (Å²) >= 11 is 2.24. The summed E-state index contributed by atoms with van der Waals surface area (Å²) in [6.07, 6.45) is 3.06. The maximum absolute atomic E-state index is 11.9. The summed E-state index contributed by atoms with van der Waals surface area (Å²) in [5.41, 5.74) is -0.720. The summed E-state index contributed by atoms with van der Waals surface area (Å²) in [6.45, 7) is 5.55. The van der Waals surface area contributed by atoms with Crippen LogP contribution < -0.4 is 16.1 Å². The fraction of sp³-hybridized carbons (Fsp3) is 0.529. The van der Waals surface area contributed by atoms with Crippen LogP contribution in [0.25, 0.3) is 0 Å². The lowest BCUT2D eigenvalue weighted by Crippen LogP contribution is -2.47. The van der Waals surface area contributed by atoms with Crippen LogP contribution in [0.4, 0.5) is 5.82 Å². The van der Waals surface area contributed by atoms with Crippen LogP contribution in [0.2, 0.25) is 0 Å². The molecule has 0 aliphatic carbocycles. The van der Waals surface area contributed by atoms with Gasteiger partial charge in [0.25, 0.3) is 5.56 Å². The quantitative estimate of drug-likeness (QED) is 0.352. The number of unbranched alkanes of at least 4 members (excludes halogenated alkanes) is 1. The van der Waals surface area contributed by atoms with Crippen LogP contribution in [0.1, 0.15) is 12.8 Å². The predicted octanol–water partition coefficient (Wildman–Crippen LogP) is 0.544. The molecule has 0 aromatic carbocycles. The number of nitrogens with zero attached hydrogens (tertiary/aromatic N) is 6. The molecule has 1 fully saturated rings. The van der Waals surface area contributed by atoms with Gasteiger partial charge in [-0.3, -0.25) is 14.3 Å². The van der Waals surface area contributed by atoms with Crippen LogP contribution >= 0.6 is 22.6 Å². The molecule has 8 nitrogen and oxygen atoms in total. The van der Waals surface area contributed by atoms with Gasteiger partial charge in [0, 0.05) is 39.8 Å². The Kier molecular flexibility index (Phi) is 6.41. The lowest BCUT2D eigenvalue weighted by molar-refractivity contribution is 0.249. The van der Waals surface area contributed by atoms with E-state index in [2.05, 4.69) is 48.5 Å². The number of aromatic nitrogens is 4. The average molecular weight is 466 g/mol. The summed E-state index contributed by atoms with van der Waals surface area (Å²) in [5, 5.41) is 3.92. The molecule has 0 saturated carbocycles. The predicted molar refractivity (Wildman–Crippen MR) is 109 cm³/mol. The Hall–Kier alpha value is -1.75. The Balaban J connectivity index is 1.41. The van der Waals surface area contributed by atoms with E-state index in [9.17, 15) is 9.59 Å². The van der Waals surface area contributed by atoms with Gasteiger partial charge < -0.3 is 4.90 Å². The normalized spacial score (nSPS) is 15.4. The zero-order valence-electron chi connectivity index (χ0n) is 14.8. The van der Waals surface area contributed by atoms with E-state index in [1.54, 1.807) is 0 Å². The van der Waals surface area contributed by atoms with Gasteiger partial charge >= 0.3 is 5.69 Å². The molecular formula is C17H23IN6O2. The molecule has 1 saturated heterocycles. The van der Waals surface area contributed by atoms with Crippen molar-refractivity contribution in [3.05, 3.63) is 48.9 Å². The summed E-state index contributed by atoms with van der Waals surface area (Å²) in [4.78, 5) is 32.6. The second kappa shape index (κ2) is 8.76. The maximum atomic E-state index is 11.9. The Morgan fingerprint density at radius 2 is 1.81 bits per heavy atom. The van der Waals surface area contributed by atoms with Crippen LogP contribution in [0.5, 0.6) is 0 Å². The van der Waals surface area contributed by atoms with Crippen molar-refractivity contribution in [2.24, 2.45) is 7.05 Å². The van der Waals surface area contributed by atoms with Crippen molar-refractivity contribution < 1.29 is 0 Å². The first-order chi connectivity index (χ1) is 12.5. The fourth-order valence-electron chi connectivity index (χ4n) is 3.05. The molecule has 26 heavy (non-hydrogen) atoms. The van der Waals surface area contributed by atoms with E-state index in [0.717, 1.165) is 59.7 Å². The molecule has 140 valence electrons. The highest BCUT2D eigenvalue weighted by Crippen LogP contribution is 2.15. The van der Waals surface area contributed by atoms with Crippen LogP contribution in [-0.4, -0.2) is 57.0 Å². The minimum absolute atomic E-state index is 0.351. The van der Waals surface area contributed by atoms with Gasteiger partial charge in [-0.1, -0.05) is 6.07 Å². The topological polar surface area (TPSA) is 76.3 Å². The van der Waals surface area contributed by atoms with Gasteiger partial charge in [0.15, 0.2) is 0 Å². The molecule has 0 radical (unpaired) electrons. The highest BCUT2D eigenvalue weighted by Gasteiger charge is 2.17. The molecule has 3 heterocycles. The number of hydrogen-bond acceptors (Lipinski definition) is 6. The maximum Gasteiger partial charge on any atom is 0.347 e. The zero-order valence-corrected chi connectivity index (χ0v) is 17.0. The SMILES string of the molecule is Cn1c(=O)cnn(CCCCN2CCN(c3cccc([123I])n3)CC2)c1=O. The molecule has 3 rings (SSSR count). The van der Waals surface area contributed by atoms with Gasteiger partial charge in [0.1, 0.15) is 15.7 Å². The molecule has 9 heteroatoms. The number of pyridine rings is 1. The average Bonchev–Trinajstić information content (AvgIpc) is 2.65. The fourth-order valence-corrected chi connectivity index (χ4v) is 3.50. The van der Waals surface area contributed by atoms with Crippen molar-refractivity contribution in [2.45, 2.75) is 19.4 Å². The summed E-state index contributed by atoms with van der Waals surface area (Å²) in [5.74, 6) is 1.05. The molecule has 1 aliphatic rings. The zero-order chi connectivity index (χ0) is 18.5. The van der Waals surface area contributed by atoms with Crippen LogP contribution in [0.3, 0.4) is 0 Å². The summed E-state index contributed by atoms with van der Waals surface area (Å²) < 4.78 is 3.47. The van der Waals surface area contributed by atoms with Gasteiger partial charge in [0.05, 0.1) is 0 Å². The van der Waals surface area contributed by atoms with Crippen molar-refractivity contribution in [3.63, 3.8) is 0 Å². The van der Waals surface area contributed by atoms with Crippen molar-refractivity contribution in [1.29, 1.82) is 0 Å².